The largest absolute Gasteiger partial charge is 0.390 e. The zero-order chi connectivity index (χ0) is 12.0. The number of unbranched alkanes of at least 4 members (excludes halogenated alkanes) is 2. The summed E-state index contributed by atoms with van der Waals surface area (Å²) in [5, 5.41) is 17.3. The number of aryl methyl sites for hydroxylation is 1. The van der Waals surface area contributed by atoms with E-state index in [2.05, 4.69) is 31.1 Å². The van der Waals surface area contributed by atoms with E-state index in [0.717, 1.165) is 30.8 Å². The molecule has 0 atom stereocenters. The maximum atomic E-state index is 9.20. The first-order valence-corrected chi connectivity index (χ1v) is 6.21. The molecule has 1 aromatic heterocycles. The highest BCUT2D eigenvalue weighted by Crippen LogP contribution is 2.13. The van der Waals surface area contributed by atoms with Gasteiger partial charge in [-0.15, -0.1) is 5.10 Å². The summed E-state index contributed by atoms with van der Waals surface area (Å²) in [7, 11) is 0. The Bertz CT molecular complexity index is 307. The first kappa shape index (κ1) is 13.2. The summed E-state index contributed by atoms with van der Waals surface area (Å²) in [6.45, 7) is 7.45. The summed E-state index contributed by atoms with van der Waals surface area (Å²) in [5.74, 6) is 0.564. The lowest BCUT2D eigenvalue weighted by Gasteiger charge is -2.09. The molecule has 1 rings (SSSR count). The van der Waals surface area contributed by atoms with Crippen LogP contribution in [0.25, 0.3) is 0 Å². The first-order chi connectivity index (χ1) is 7.69. The van der Waals surface area contributed by atoms with Crippen molar-refractivity contribution in [2.24, 2.45) is 5.92 Å². The van der Waals surface area contributed by atoms with E-state index in [1.165, 1.54) is 12.8 Å². The summed E-state index contributed by atoms with van der Waals surface area (Å²) < 4.78 is 1.96. The Morgan fingerprint density at radius 2 is 2.06 bits per heavy atom. The molecule has 0 bridgehead atoms. The predicted molar refractivity (Wildman–Crippen MR) is 64.0 cm³/mol. The Hall–Kier alpha value is -0.900. The zero-order valence-corrected chi connectivity index (χ0v) is 10.6. The average Bonchev–Trinajstić information content (AvgIpc) is 2.61. The molecule has 1 N–H and O–H groups in total. The molecule has 0 saturated heterocycles. The second-order valence-corrected chi connectivity index (χ2v) is 4.67. The molecular weight excluding hydrogens is 202 g/mol. The minimum absolute atomic E-state index is 0.00414. The van der Waals surface area contributed by atoms with E-state index in [1.54, 1.807) is 0 Å². The molecule has 0 aliphatic carbocycles. The normalized spacial score (nSPS) is 11.3. The molecule has 0 aliphatic heterocycles. The lowest BCUT2D eigenvalue weighted by atomic mass is 10.1. The van der Waals surface area contributed by atoms with Gasteiger partial charge >= 0.3 is 0 Å². The Morgan fingerprint density at radius 3 is 2.62 bits per heavy atom. The van der Waals surface area contributed by atoms with Crippen molar-refractivity contribution in [3.8, 4) is 0 Å². The van der Waals surface area contributed by atoms with Gasteiger partial charge in [0.25, 0.3) is 0 Å². The molecule has 4 heteroatoms. The monoisotopic (exact) mass is 225 g/mol. The van der Waals surface area contributed by atoms with Crippen LogP contribution in [0.2, 0.25) is 0 Å². The van der Waals surface area contributed by atoms with Crippen LogP contribution >= 0.6 is 0 Å². The summed E-state index contributed by atoms with van der Waals surface area (Å²) in [6.07, 6.45) is 4.50. The van der Waals surface area contributed by atoms with Crippen LogP contribution in [0.5, 0.6) is 0 Å². The SMILES string of the molecule is CCCCCn1nnc(CO)c1CC(C)C. The molecular formula is C12H23N3O. The molecule has 0 radical (unpaired) electrons. The number of hydrogen-bond acceptors (Lipinski definition) is 3. The minimum atomic E-state index is -0.00414. The van der Waals surface area contributed by atoms with Crippen LogP contribution in [0.3, 0.4) is 0 Å². The van der Waals surface area contributed by atoms with E-state index in [1.807, 2.05) is 4.68 Å². The summed E-state index contributed by atoms with van der Waals surface area (Å²) in [4.78, 5) is 0. The lowest BCUT2D eigenvalue weighted by molar-refractivity contribution is 0.275. The number of aliphatic hydroxyl groups is 1. The molecule has 0 aliphatic rings. The molecule has 0 aromatic carbocycles. The van der Waals surface area contributed by atoms with Gasteiger partial charge in [0.15, 0.2) is 0 Å². The molecule has 92 valence electrons. The highest BCUT2D eigenvalue weighted by molar-refractivity contribution is 5.09. The van der Waals surface area contributed by atoms with Crippen LogP contribution in [-0.4, -0.2) is 20.1 Å². The van der Waals surface area contributed by atoms with Gasteiger partial charge < -0.3 is 5.11 Å². The van der Waals surface area contributed by atoms with E-state index < -0.39 is 0 Å². The maximum absolute atomic E-state index is 9.20. The lowest BCUT2D eigenvalue weighted by Crippen LogP contribution is -2.09. The highest BCUT2D eigenvalue weighted by atomic mass is 16.3. The fraction of sp³-hybridized carbons (Fsp3) is 0.833. The molecule has 0 saturated carbocycles. The van der Waals surface area contributed by atoms with Crippen molar-refractivity contribution < 1.29 is 5.11 Å². The Kier molecular flexibility index (Phi) is 5.46. The van der Waals surface area contributed by atoms with Crippen molar-refractivity contribution in [3.05, 3.63) is 11.4 Å². The summed E-state index contributed by atoms with van der Waals surface area (Å²) >= 11 is 0. The van der Waals surface area contributed by atoms with Gasteiger partial charge in [-0.2, -0.15) is 0 Å². The van der Waals surface area contributed by atoms with E-state index in [-0.39, 0.29) is 6.61 Å². The van der Waals surface area contributed by atoms with Gasteiger partial charge in [-0.25, -0.2) is 4.68 Å². The van der Waals surface area contributed by atoms with Gasteiger partial charge in [-0.3, -0.25) is 0 Å². The third-order valence-corrected chi connectivity index (χ3v) is 2.64. The number of rotatable bonds is 7. The average molecular weight is 225 g/mol. The molecule has 1 heterocycles. The molecule has 16 heavy (non-hydrogen) atoms. The van der Waals surface area contributed by atoms with Crippen molar-refractivity contribution in [2.75, 3.05) is 0 Å². The van der Waals surface area contributed by atoms with Crippen LogP contribution in [-0.2, 0) is 19.6 Å². The van der Waals surface area contributed by atoms with E-state index in [9.17, 15) is 5.11 Å². The van der Waals surface area contributed by atoms with E-state index in [4.69, 9.17) is 0 Å². The van der Waals surface area contributed by atoms with E-state index in [0.29, 0.717) is 5.92 Å². The van der Waals surface area contributed by atoms with Crippen molar-refractivity contribution in [1.29, 1.82) is 0 Å². The Balaban J connectivity index is 2.70. The number of aliphatic hydroxyl groups excluding tert-OH is 1. The fourth-order valence-electron chi connectivity index (χ4n) is 1.79. The number of nitrogens with zero attached hydrogens (tertiary/aromatic N) is 3. The third-order valence-electron chi connectivity index (χ3n) is 2.64. The fourth-order valence-corrected chi connectivity index (χ4v) is 1.79. The number of hydrogen-bond donors (Lipinski definition) is 1. The minimum Gasteiger partial charge on any atom is -0.390 e. The Morgan fingerprint density at radius 1 is 1.31 bits per heavy atom. The van der Waals surface area contributed by atoms with Gasteiger partial charge in [0.2, 0.25) is 0 Å². The third kappa shape index (κ3) is 3.59. The standard InChI is InChI=1S/C12H23N3O/c1-4-5-6-7-15-12(8-10(2)3)11(9-16)13-14-15/h10,16H,4-9H2,1-3H3. The van der Waals surface area contributed by atoms with Crippen molar-refractivity contribution in [2.45, 2.75) is 59.6 Å². The van der Waals surface area contributed by atoms with Gasteiger partial charge in [0, 0.05) is 6.54 Å². The van der Waals surface area contributed by atoms with Crippen LogP contribution < -0.4 is 0 Å². The molecule has 0 unspecified atom stereocenters. The van der Waals surface area contributed by atoms with Gasteiger partial charge in [-0.05, 0) is 18.8 Å². The van der Waals surface area contributed by atoms with Gasteiger partial charge in [0.1, 0.15) is 5.69 Å². The zero-order valence-electron chi connectivity index (χ0n) is 10.6. The quantitative estimate of drug-likeness (QED) is 0.723. The van der Waals surface area contributed by atoms with E-state index >= 15 is 0 Å². The molecule has 0 fully saturated rings. The number of aromatic nitrogens is 3. The topological polar surface area (TPSA) is 50.9 Å². The first-order valence-electron chi connectivity index (χ1n) is 6.21. The van der Waals surface area contributed by atoms with Crippen molar-refractivity contribution in [3.63, 3.8) is 0 Å². The van der Waals surface area contributed by atoms with Gasteiger partial charge in [0.05, 0.1) is 12.3 Å². The second-order valence-electron chi connectivity index (χ2n) is 4.67. The maximum Gasteiger partial charge on any atom is 0.111 e. The molecule has 4 nitrogen and oxygen atoms in total. The van der Waals surface area contributed by atoms with Crippen LogP contribution in [0, 0.1) is 5.92 Å². The van der Waals surface area contributed by atoms with Gasteiger partial charge in [-0.1, -0.05) is 38.8 Å². The smallest absolute Gasteiger partial charge is 0.111 e. The predicted octanol–water partition coefficient (Wildman–Crippen LogP) is 2.16. The van der Waals surface area contributed by atoms with Crippen molar-refractivity contribution >= 4 is 0 Å². The molecule has 1 aromatic rings. The summed E-state index contributed by atoms with van der Waals surface area (Å²) in [5.41, 5.74) is 1.85. The van der Waals surface area contributed by atoms with Crippen LogP contribution in [0.15, 0.2) is 0 Å². The van der Waals surface area contributed by atoms with Crippen molar-refractivity contribution in [1.82, 2.24) is 15.0 Å². The molecule has 0 amide bonds. The Labute approximate surface area is 97.7 Å². The second kappa shape index (κ2) is 6.63. The highest BCUT2D eigenvalue weighted by Gasteiger charge is 2.12. The summed E-state index contributed by atoms with van der Waals surface area (Å²) in [6, 6.07) is 0. The van der Waals surface area contributed by atoms with Crippen LogP contribution in [0.1, 0.15) is 51.4 Å². The van der Waals surface area contributed by atoms with Crippen LogP contribution in [0.4, 0.5) is 0 Å². The molecule has 0 spiro atoms.